The first-order chi connectivity index (χ1) is 9.60. The zero-order chi connectivity index (χ0) is 14.5. The third kappa shape index (κ3) is 3.38. The van der Waals surface area contributed by atoms with Crippen LogP contribution < -0.4 is 10.6 Å². The number of ketones is 1. The largest absolute Gasteiger partial charge is 0.519 e. The molecule has 2 aromatic rings. The first-order valence-corrected chi connectivity index (χ1v) is 6.42. The van der Waals surface area contributed by atoms with Gasteiger partial charge in [0.1, 0.15) is 18.1 Å². The predicted octanol–water partition coefficient (Wildman–Crippen LogP) is 2.64. The van der Waals surface area contributed by atoms with E-state index in [1.165, 1.54) is 0 Å². The highest BCUT2D eigenvalue weighted by atomic mass is 16.6. The van der Waals surface area contributed by atoms with Gasteiger partial charge in [-0.2, -0.15) is 0 Å². The molecule has 1 heterocycles. The van der Waals surface area contributed by atoms with Crippen LogP contribution in [0.1, 0.15) is 30.4 Å². The smallest absolute Gasteiger partial charge is 0.485 e. The molecule has 0 bridgehead atoms. The number of para-hydroxylation sites is 1. The minimum Gasteiger partial charge on any atom is -0.485 e. The molecular formula is C15H16O5. The SMILES string of the molecule is CCC(=O)Cc1ccccc1OCc1oc(=O)oc1C. The second-order valence-electron chi connectivity index (χ2n) is 4.40. The molecule has 0 fully saturated rings. The van der Waals surface area contributed by atoms with E-state index in [4.69, 9.17) is 13.6 Å². The molecule has 0 radical (unpaired) electrons. The van der Waals surface area contributed by atoms with Crippen molar-refractivity contribution in [2.24, 2.45) is 0 Å². The van der Waals surface area contributed by atoms with E-state index in [1.54, 1.807) is 13.0 Å². The molecule has 106 valence electrons. The molecule has 5 heteroatoms. The Morgan fingerprint density at radius 1 is 1.25 bits per heavy atom. The normalized spacial score (nSPS) is 10.5. The van der Waals surface area contributed by atoms with Crippen LogP contribution in [0, 0.1) is 6.92 Å². The molecule has 1 aromatic heterocycles. The molecule has 1 aromatic carbocycles. The van der Waals surface area contributed by atoms with E-state index < -0.39 is 5.82 Å². The van der Waals surface area contributed by atoms with E-state index in [0.717, 1.165) is 5.56 Å². The topological polar surface area (TPSA) is 69.7 Å². The van der Waals surface area contributed by atoms with Crippen molar-refractivity contribution in [1.29, 1.82) is 0 Å². The fourth-order valence-corrected chi connectivity index (χ4v) is 1.78. The summed E-state index contributed by atoms with van der Waals surface area (Å²) < 4.78 is 15.2. The van der Waals surface area contributed by atoms with Gasteiger partial charge in [-0.15, -0.1) is 0 Å². The first-order valence-electron chi connectivity index (χ1n) is 6.42. The van der Waals surface area contributed by atoms with Crippen LogP contribution in [-0.2, 0) is 17.8 Å². The number of carbonyl (C=O) groups is 1. The molecule has 0 amide bonds. The van der Waals surface area contributed by atoms with Crippen LogP contribution in [-0.4, -0.2) is 5.78 Å². The van der Waals surface area contributed by atoms with Gasteiger partial charge in [0.25, 0.3) is 0 Å². The quantitative estimate of drug-likeness (QED) is 0.811. The van der Waals surface area contributed by atoms with Crippen molar-refractivity contribution >= 4 is 5.78 Å². The van der Waals surface area contributed by atoms with Crippen LogP contribution in [0.5, 0.6) is 5.75 Å². The molecule has 0 aliphatic rings. The van der Waals surface area contributed by atoms with Gasteiger partial charge in [0.2, 0.25) is 0 Å². The van der Waals surface area contributed by atoms with Crippen LogP contribution in [0.2, 0.25) is 0 Å². The maximum Gasteiger partial charge on any atom is 0.519 e. The Hall–Kier alpha value is -2.30. The summed E-state index contributed by atoms with van der Waals surface area (Å²) in [5, 5.41) is 0. The average Bonchev–Trinajstić information content (AvgIpc) is 2.76. The second kappa shape index (κ2) is 6.23. The molecule has 0 N–H and O–H groups in total. The lowest BCUT2D eigenvalue weighted by Crippen LogP contribution is -2.04. The van der Waals surface area contributed by atoms with Crippen molar-refractivity contribution < 1.29 is 18.4 Å². The van der Waals surface area contributed by atoms with E-state index in [9.17, 15) is 9.59 Å². The third-order valence-corrected chi connectivity index (χ3v) is 2.95. The van der Waals surface area contributed by atoms with Crippen molar-refractivity contribution in [1.82, 2.24) is 0 Å². The maximum atomic E-state index is 11.5. The fourth-order valence-electron chi connectivity index (χ4n) is 1.78. The number of benzene rings is 1. The Balaban J connectivity index is 2.11. The van der Waals surface area contributed by atoms with Gasteiger partial charge in [-0.05, 0) is 13.0 Å². The van der Waals surface area contributed by atoms with Crippen molar-refractivity contribution in [3.63, 3.8) is 0 Å². The summed E-state index contributed by atoms with van der Waals surface area (Å²) in [5.41, 5.74) is 0.822. The van der Waals surface area contributed by atoms with E-state index in [-0.39, 0.29) is 12.4 Å². The third-order valence-electron chi connectivity index (χ3n) is 2.95. The Morgan fingerprint density at radius 3 is 2.65 bits per heavy atom. The van der Waals surface area contributed by atoms with Gasteiger partial charge in [0.15, 0.2) is 11.5 Å². The maximum absolute atomic E-state index is 11.5. The van der Waals surface area contributed by atoms with E-state index in [0.29, 0.717) is 30.1 Å². The Morgan fingerprint density at radius 2 is 2.00 bits per heavy atom. The van der Waals surface area contributed by atoms with Crippen molar-refractivity contribution in [2.75, 3.05) is 0 Å². The molecule has 0 saturated heterocycles. The van der Waals surface area contributed by atoms with Crippen molar-refractivity contribution in [2.45, 2.75) is 33.3 Å². The molecule has 0 atom stereocenters. The first kappa shape index (κ1) is 14.1. The minimum atomic E-state index is -0.740. The number of hydrogen-bond acceptors (Lipinski definition) is 5. The lowest BCUT2D eigenvalue weighted by Gasteiger charge is -2.09. The fraction of sp³-hybridized carbons (Fsp3) is 0.333. The highest BCUT2D eigenvalue weighted by Gasteiger charge is 2.11. The zero-order valence-electron chi connectivity index (χ0n) is 11.5. The highest BCUT2D eigenvalue weighted by molar-refractivity contribution is 5.81. The van der Waals surface area contributed by atoms with E-state index in [1.807, 2.05) is 25.1 Å². The average molecular weight is 276 g/mol. The molecule has 5 nitrogen and oxygen atoms in total. The van der Waals surface area contributed by atoms with Gasteiger partial charge in [0, 0.05) is 18.4 Å². The van der Waals surface area contributed by atoms with Gasteiger partial charge in [0.05, 0.1) is 0 Å². The summed E-state index contributed by atoms with van der Waals surface area (Å²) in [4.78, 5) is 22.5. The van der Waals surface area contributed by atoms with Gasteiger partial charge in [-0.3, -0.25) is 4.79 Å². The standard InChI is InChI=1S/C15H16O5/c1-3-12(16)8-11-6-4-5-7-13(11)18-9-14-10(2)19-15(17)20-14/h4-7H,3,8-9H2,1-2H3. The number of hydrogen-bond donors (Lipinski definition) is 0. The zero-order valence-corrected chi connectivity index (χ0v) is 11.5. The van der Waals surface area contributed by atoms with Gasteiger partial charge in [-0.25, -0.2) is 4.79 Å². The Bertz CT molecular complexity index is 650. The van der Waals surface area contributed by atoms with Crippen LogP contribution >= 0.6 is 0 Å². The number of rotatable bonds is 6. The second-order valence-corrected chi connectivity index (χ2v) is 4.40. The Labute approximate surface area is 116 Å². The number of Topliss-reactive ketones (excluding diaryl/α,β-unsaturated/α-hetero) is 1. The Kier molecular flexibility index (Phi) is 4.40. The summed E-state index contributed by atoms with van der Waals surface area (Å²) in [6.07, 6.45) is 0.824. The van der Waals surface area contributed by atoms with Gasteiger partial charge in [-0.1, -0.05) is 25.1 Å². The molecule has 0 saturated carbocycles. The lowest BCUT2D eigenvalue weighted by atomic mass is 10.1. The minimum absolute atomic E-state index is 0.0922. The summed E-state index contributed by atoms with van der Waals surface area (Å²) in [5.74, 6) is 0.768. The molecular weight excluding hydrogens is 260 g/mol. The number of aryl methyl sites for hydroxylation is 1. The lowest BCUT2D eigenvalue weighted by molar-refractivity contribution is -0.118. The van der Waals surface area contributed by atoms with Crippen LogP contribution in [0.4, 0.5) is 0 Å². The van der Waals surface area contributed by atoms with E-state index >= 15 is 0 Å². The van der Waals surface area contributed by atoms with Crippen molar-refractivity contribution in [3.8, 4) is 5.75 Å². The van der Waals surface area contributed by atoms with Crippen LogP contribution in [0.25, 0.3) is 0 Å². The predicted molar refractivity (Wildman–Crippen MR) is 71.8 cm³/mol. The van der Waals surface area contributed by atoms with Gasteiger partial charge >= 0.3 is 5.82 Å². The number of ether oxygens (including phenoxy) is 1. The summed E-state index contributed by atoms with van der Waals surface area (Å²) in [6, 6.07) is 7.31. The summed E-state index contributed by atoms with van der Waals surface area (Å²) >= 11 is 0. The molecule has 0 unspecified atom stereocenters. The molecule has 20 heavy (non-hydrogen) atoms. The van der Waals surface area contributed by atoms with Crippen LogP contribution in [0.3, 0.4) is 0 Å². The molecule has 2 rings (SSSR count). The molecule has 0 spiro atoms. The molecule has 0 aliphatic carbocycles. The monoisotopic (exact) mass is 276 g/mol. The summed E-state index contributed by atoms with van der Waals surface area (Å²) in [6.45, 7) is 3.56. The van der Waals surface area contributed by atoms with Gasteiger partial charge < -0.3 is 13.6 Å². The van der Waals surface area contributed by atoms with E-state index in [2.05, 4.69) is 0 Å². The number of carbonyl (C=O) groups excluding carboxylic acids is 1. The molecule has 0 aliphatic heterocycles. The van der Waals surface area contributed by atoms with Crippen LogP contribution in [0.15, 0.2) is 37.9 Å². The highest BCUT2D eigenvalue weighted by Crippen LogP contribution is 2.21. The van der Waals surface area contributed by atoms with Crippen molar-refractivity contribution in [3.05, 3.63) is 52.0 Å². The summed E-state index contributed by atoms with van der Waals surface area (Å²) in [7, 11) is 0.